The van der Waals surface area contributed by atoms with Crippen molar-refractivity contribution >= 4 is 11.8 Å². The molecule has 0 aliphatic carbocycles. The second-order valence-corrected chi connectivity index (χ2v) is 5.85. The highest BCUT2D eigenvalue weighted by Gasteiger charge is 2.25. The van der Waals surface area contributed by atoms with Crippen LogP contribution in [0.25, 0.3) is 0 Å². The SMILES string of the molecule is CC[C@@H](NC(=O)C(=O)N(C)[C@@H](C)c1ccccc1)c1ccccc1. The zero-order chi connectivity index (χ0) is 17.5. The maximum absolute atomic E-state index is 12.5. The van der Waals surface area contributed by atoms with Crippen molar-refractivity contribution in [3.05, 3.63) is 71.8 Å². The van der Waals surface area contributed by atoms with E-state index >= 15 is 0 Å². The van der Waals surface area contributed by atoms with Crippen molar-refractivity contribution in [1.82, 2.24) is 10.2 Å². The Morgan fingerprint density at radius 2 is 1.46 bits per heavy atom. The first-order chi connectivity index (χ1) is 11.5. The molecule has 24 heavy (non-hydrogen) atoms. The number of likely N-dealkylation sites (N-methyl/N-ethyl adjacent to an activating group) is 1. The molecule has 0 saturated heterocycles. The Kier molecular flexibility index (Phi) is 6.13. The van der Waals surface area contributed by atoms with Crippen LogP contribution in [-0.4, -0.2) is 23.8 Å². The summed E-state index contributed by atoms with van der Waals surface area (Å²) in [6.07, 6.45) is 0.723. The molecule has 0 bridgehead atoms. The topological polar surface area (TPSA) is 49.4 Å². The van der Waals surface area contributed by atoms with Gasteiger partial charge in [0, 0.05) is 7.05 Å². The highest BCUT2D eigenvalue weighted by atomic mass is 16.2. The van der Waals surface area contributed by atoms with Crippen LogP contribution < -0.4 is 5.32 Å². The summed E-state index contributed by atoms with van der Waals surface area (Å²) >= 11 is 0. The van der Waals surface area contributed by atoms with Crippen molar-refractivity contribution in [2.45, 2.75) is 32.4 Å². The summed E-state index contributed by atoms with van der Waals surface area (Å²) in [5, 5.41) is 2.84. The molecule has 0 unspecified atom stereocenters. The standard InChI is InChI=1S/C20H24N2O2/c1-4-18(17-13-9-6-10-14-17)21-19(23)20(24)22(3)15(2)16-11-7-5-8-12-16/h5-15,18H,4H2,1-3H3,(H,21,23)/t15-,18+/m0/s1. The van der Waals surface area contributed by atoms with E-state index < -0.39 is 11.8 Å². The fraction of sp³-hybridized carbons (Fsp3) is 0.300. The van der Waals surface area contributed by atoms with Crippen LogP contribution in [0.1, 0.15) is 43.5 Å². The van der Waals surface area contributed by atoms with Gasteiger partial charge in [0.25, 0.3) is 0 Å². The lowest BCUT2D eigenvalue weighted by atomic mass is 10.0. The largest absolute Gasteiger partial charge is 0.341 e. The molecule has 0 aliphatic rings. The van der Waals surface area contributed by atoms with E-state index in [1.165, 1.54) is 4.90 Å². The van der Waals surface area contributed by atoms with Gasteiger partial charge in [0.2, 0.25) is 0 Å². The quantitative estimate of drug-likeness (QED) is 0.856. The van der Waals surface area contributed by atoms with Gasteiger partial charge in [-0.1, -0.05) is 67.6 Å². The third-order valence-electron chi connectivity index (χ3n) is 4.29. The first-order valence-electron chi connectivity index (χ1n) is 8.22. The summed E-state index contributed by atoms with van der Waals surface area (Å²) in [4.78, 5) is 26.3. The van der Waals surface area contributed by atoms with Crippen LogP contribution in [0, 0.1) is 0 Å². The maximum Gasteiger partial charge on any atom is 0.312 e. The van der Waals surface area contributed by atoms with E-state index in [-0.39, 0.29) is 12.1 Å². The van der Waals surface area contributed by atoms with E-state index in [4.69, 9.17) is 0 Å². The van der Waals surface area contributed by atoms with Crippen LogP contribution >= 0.6 is 0 Å². The van der Waals surface area contributed by atoms with Crippen molar-refractivity contribution in [1.29, 1.82) is 0 Å². The van der Waals surface area contributed by atoms with Crippen LogP contribution in [0.3, 0.4) is 0 Å². The molecule has 2 aromatic rings. The Morgan fingerprint density at radius 1 is 0.958 bits per heavy atom. The molecule has 2 atom stereocenters. The predicted octanol–water partition coefficient (Wildman–Crippen LogP) is 3.47. The molecular weight excluding hydrogens is 300 g/mol. The van der Waals surface area contributed by atoms with Crippen LogP contribution in [0.15, 0.2) is 60.7 Å². The Labute approximate surface area is 143 Å². The fourth-order valence-corrected chi connectivity index (χ4v) is 2.62. The average Bonchev–Trinajstić information content (AvgIpc) is 2.65. The molecular formula is C20H24N2O2. The number of amides is 2. The van der Waals surface area contributed by atoms with Gasteiger partial charge in [0.05, 0.1) is 12.1 Å². The van der Waals surface area contributed by atoms with Gasteiger partial charge in [0.15, 0.2) is 0 Å². The number of hydrogen-bond acceptors (Lipinski definition) is 2. The summed E-state index contributed by atoms with van der Waals surface area (Å²) in [6, 6.07) is 19.0. The normalized spacial score (nSPS) is 13.0. The molecule has 0 heterocycles. The van der Waals surface area contributed by atoms with Gasteiger partial charge in [-0.2, -0.15) is 0 Å². The number of carbonyl (C=O) groups is 2. The van der Waals surface area contributed by atoms with E-state index in [2.05, 4.69) is 5.32 Å². The van der Waals surface area contributed by atoms with Gasteiger partial charge in [-0.05, 0) is 24.5 Å². The third-order valence-corrected chi connectivity index (χ3v) is 4.29. The summed E-state index contributed by atoms with van der Waals surface area (Å²) < 4.78 is 0. The first kappa shape index (κ1) is 17.7. The molecule has 0 saturated carbocycles. The van der Waals surface area contributed by atoms with Gasteiger partial charge in [-0.3, -0.25) is 9.59 Å². The summed E-state index contributed by atoms with van der Waals surface area (Å²) in [6.45, 7) is 3.90. The molecule has 2 aromatic carbocycles. The molecule has 2 rings (SSSR count). The lowest BCUT2D eigenvalue weighted by molar-refractivity contribution is -0.146. The van der Waals surface area contributed by atoms with Crippen LogP contribution in [-0.2, 0) is 9.59 Å². The molecule has 0 aliphatic heterocycles. The first-order valence-corrected chi connectivity index (χ1v) is 8.22. The van der Waals surface area contributed by atoms with Crippen LogP contribution in [0.4, 0.5) is 0 Å². The summed E-state index contributed by atoms with van der Waals surface area (Å²) in [7, 11) is 1.66. The lowest BCUT2D eigenvalue weighted by Gasteiger charge is -2.26. The van der Waals surface area contributed by atoms with E-state index in [1.54, 1.807) is 7.05 Å². The zero-order valence-corrected chi connectivity index (χ0v) is 14.4. The molecule has 4 nitrogen and oxygen atoms in total. The van der Waals surface area contributed by atoms with E-state index in [1.807, 2.05) is 74.5 Å². The van der Waals surface area contributed by atoms with Crippen molar-refractivity contribution in [2.24, 2.45) is 0 Å². The lowest BCUT2D eigenvalue weighted by Crippen LogP contribution is -2.43. The minimum absolute atomic E-state index is 0.164. The van der Waals surface area contributed by atoms with E-state index in [0.29, 0.717) is 0 Å². The number of hydrogen-bond donors (Lipinski definition) is 1. The molecule has 1 N–H and O–H groups in total. The fourth-order valence-electron chi connectivity index (χ4n) is 2.62. The van der Waals surface area contributed by atoms with Gasteiger partial charge in [-0.15, -0.1) is 0 Å². The predicted molar refractivity (Wildman–Crippen MR) is 95.2 cm³/mol. The summed E-state index contributed by atoms with van der Waals surface area (Å²) in [5.41, 5.74) is 2.00. The minimum Gasteiger partial charge on any atom is -0.341 e. The number of rotatable bonds is 5. The zero-order valence-electron chi connectivity index (χ0n) is 14.4. The molecule has 4 heteroatoms. The average molecular weight is 324 g/mol. The molecule has 2 amide bonds. The van der Waals surface area contributed by atoms with Crippen LogP contribution in [0.2, 0.25) is 0 Å². The van der Waals surface area contributed by atoms with Crippen LogP contribution in [0.5, 0.6) is 0 Å². The minimum atomic E-state index is -0.573. The number of nitrogens with one attached hydrogen (secondary N) is 1. The molecule has 0 fully saturated rings. The third kappa shape index (κ3) is 4.22. The second kappa shape index (κ2) is 8.29. The Hall–Kier alpha value is -2.62. The maximum atomic E-state index is 12.5. The van der Waals surface area contributed by atoms with Gasteiger partial charge in [0.1, 0.15) is 0 Å². The van der Waals surface area contributed by atoms with E-state index in [9.17, 15) is 9.59 Å². The van der Waals surface area contributed by atoms with Gasteiger partial charge >= 0.3 is 11.8 Å². The Balaban J connectivity index is 2.04. The number of benzene rings is 2. The van der Waals surface area contributed by atoms with Gasteiger partial charge < -0.3 is 10.2 Å². The smallest absolute Gasteiger partial charge is 0.312 e. The number of nitrogens with zero attached hydrogens (tertiary/aromatic N) is 1. The van der Waals surface area contributed by atoms with Crippen molar-refractivity contribution in [3.8, 4) is 0 Å². The monoisotopic (exact) mass is 324 g/mol. The van der Waals surface area contributed by atoms with Crippen molar-refractivity contribution in [3.63, 3.8) is 0 Å². The second-order valence-electron chi connectivity index (χ2n) is 5.85. The Bertz CT molecular complexity index is 671. The highest BCUT2D eigenvalue weighted by Crippen LogP contribution is 2.19. The molecule has 0 aromatic heterocycles. The van der Waals surface area contributed by atoms with Crippen molar-refractivity contribution < 1.29 is 9.59 Å². The van der Waals surface area contributed by atoms with E-state index in [0.717, 1.165) is 17.5 Å². The molecule has 126 valence electrons. The molecule has 0 spiro atoms. The van der Waals surface area contributed by atoms with Gasteiger partial charge in [-0.25, -0.2) is 0 Å². The molecule has 0 radical (unpaired) electrons. The number of carbonyl (C=O) groups excluding carboxylic acids is 2. The Morgan fingerprint density at radius 3 is 1.96 bits per heavy atom. The summed E-state index contributed by atoms with van der Waals surface area (Å²) in [5.74, 6) is -1.10. The highest BCUT2D eigenvalue weighted by molar-refractivity contribution is 6.35. The van der Waals surface area contributed by atoms with Crippen molar-refractivity contribution in [2.75, 3.05) is 7.05 Å².